The lowest BCUT2D eigenvalue weighted by atomic mass is 9.67. The molecule has 4 nitrogen and oxygen atoms in total. The molecule has 3 aromatic rings. The summed E-state index contributed by atoms with van der Waals surface area (Å²) in [6.45, 7) is 27.2. The van der Waals surface area contributed by atoms with Crippen LogP contribution >= 0.6 is 0 Å². The third kappa shape index (κ3) is 4.48. The van der Waals surface area contributed by atoms with Crippen molar-refractivity contribution in [2.45, 2.75) is 100.0 Å². The van der Waals surface area contributed by atoms with Gasteiger partial charge in [0.15, 0.2) is 16.8 Å². The second-order valence-electron chi connectivity index (χ2n) is 14.4. The number of nitrogens with zero attached hydrogens (tertiary/aromatic N) is 4. The van der Waals surface area contributed by atoms with Crippen molar-refractivity contribution in [1.29, 1.82) is 0 Å². The average molecular weight is 459 g/mol. The van der Waals surface area contributed by atoms with E-state index in [4.69, 9.17) is 19.9 Å². The summed E-state index contributed by atoms with van der Waals surface area (Å²) in [5.74, 6) is 0.344. The van der Waals surface area contributed by atoms with E-state index in [1.807, 2.05) is 0 Å². The summed E-state index contributed by atoms with van der Waals surface area (Å²) in [5.41, 5.74) is 4.78. The minimum atomic E-state index is -0.0666. The maximum atomic E-state index is 5.20. The minimum Gasteiger partial charge on any atom is -0.262 e. The second-order valence-corrected chi connectivity index (χ2v) is 14.4. The van der Waals surface area contributed by atoms with E-state index in [1.54, 1.807) is 0 Å². The molecule has 4 rings (SSSR count). The van der Waals surface area contributed by atoms with Crippen molar-refractivity contribution in [3.05, 3.63) is 40.2 Å². The molecule has 2 unspecified atom stereocenters. The molecule has 2 atom stereocenters. The predicted octanol–water partition coefficient (Wildman–Crippen LogP) is 6.26. The van der Waals surface area contributed by atoms with Gasteiger partial charge in [-0.05, 0) is 40.0 Å². The molecule has 0 fully saturated rings. The molecule has 182 valence electrons. The summed E-state index contributed by atoms with van der Waals surface area (Å²) in [4.78, 5) is 20.2. The van der Waals surface area contributed by atoms with Crippen LogP contribution in [-0.2, 0) is 10.8 Å². The van der Waals surface area contributed by atoms with E-state index in [1.165, 1.54) is 5.56 Å². The van der Waals surface area contributed by atoms with Crippen LogP contribution in [0.2, 0.25) is 0 Å². The Labute approximate surface area is 205 Å². The van der Waals surface area contributed by atoms with Crippen molar-refractivity contribution in [3.8, 4) is 0 Å². The van der Waals surface area contributed by atoms with E-state index >= 15 is 0 Å². The average Bonchev–Trinajstić information content (AvgIpc) is 2.65. The van der Waals surface area contributed by atoms with Crippen molar-refractivity contribution in [2.24, 2.45) is 21.7 Å². The highest BCUT2D eigenvalue weighted by molar-refractivity contribution is 5.89. The lowest BCUT2D eigenvalue weighted by molar-refractivity contribution is 0.174. The number of hydrogen-bond acceptors (Lipinski definition) is 4. The van der Waals surface area contributed by atoms with Gasteiger partial charge in [0.05, 0.1) is 11.7 Å². The maximum absolute atomic E-state index is 5.20. The van der Waals surface area contributed by atoms with Crippen molar-refractivity contribution >= 4 is 28.1 Å². The highest BCUT2D eigenvalue weighted by Crippen LogP contribution is 2.40. The molecular formula is C30H42N4. The Balaban J connectivity index is 2.02. The molecule has 1 aliphatic rings. The molecule has 0 saturated heterocycles. The number of aromatic nitrogens is 3. The Kier molecular flexibility index (Phi) is 5.51. The SMILES string of the molecule is CC(C)(C)c1cc2cc3cc4c(nc3nc2nc1C(C)(C)C)=NC(C(C)(C)C)C(C(C)(C)C)C=4. The van der Waals surface area contributed by atoms with Crippen LogP contribution in [0.25, 0.3) is 28.1 Å². The molecule has 1 aliphatic heterocycles. The second kappa shape index (κ2) is 7.57. The first kappa shape index (κ1) is 24.8. The lowest BCUT2D eigenvalue weighted by Gasteiger charge is -2.41. The van der Waals surface area contributed by atoms with E-state index in [2.05, 4.69) is 107 Å². The van der Waals surface area contributed by atoms with Crippen LogP contribution < -0.4 is 10.7 Å². The fraction of sp³-hybridized carbons (Fsp3) is 0.600. The fourth-order valence-corrected chi connectivity index (χ4v) is 5.03. The van der Waals surface area contributed by atoms with Gasteiger partial charge in [-0.15, -0.1) is 0 Å². The number of fused-ring (bicyclic) bond motifs is 3. The largest absolute Gasteiger partial charge is 0.262 e. The van der Waals surface area contributed by atoms with Crippen molar-refractivity contribution in [3.63, 3.8) is 0 Å². The van der Waals surface area contributed by atoms with Crippen molar-refractivity contribution in [1.82, 2.24) is 15.0 Å². The topological polar surface area (TPSA) is 51.0 Å². The summed E-state index contributed by atoms with van der Waals surface area (Å²) >= 11 is 0. The zero-order chi connectivity index (χ0) is 25.4. The van der Waals surface area contributed by atoms with Crippen molar-refractivity contribution < 1.29 is 0 Å². The molecule has 0 spiro atoms. The first-order chi connectivity index (χ1) is 15.4. The van der Waals surface area contributed by atoms with Gasteiger partial charge in [-0.3, -0.25) is 4.99 Å². The van der Waals surface area contributed by atoms with E-state index in [9.17, 15) is 0 Å². The number of hydrogen-bond donors (Lipinski definition) is 0. The van der Waals surface area contributed by atoms with Gasteiger partial charge in [-0.2, -0.15) is 0 Å². The zero-order valence-electron chi connectivity index (χ0n) is 23.3. The smallest absolute Gasteiger partial charge is 0.164 e. The molecule has 34 heavy (non-hydrogen) atoms. The van der Waals surface area contributed by atoms with E-state index in [0.29, 0.717) is 5.92 Å². The van der Waals surface area contributed by atoms with Gasteiger partial charge in [-0.1, -0.05) is 89.2 Å². The highest BCUT2D eigenvalue weighted by Gasteiger charge is 2.39. The third-order valence-corrected chi connectivity index (χ3v) is 6.96. The van der Waals surface area contributed by atoms with Crippen LogP contribution in [0.4, 0.5) is 0 Å². The van der Waals surface area contributed by atoms with Gasteiger partial charge in [0.2, 0.25) is 0 Å². The summed E-state index contributed by atoms with van der Waals surface area (Å²) in [6, 6.07) is 6.89. The molecule has 3 aromatic heterocycles. The van der Waals surface area contributed by atoms with Crippen LogP contribution in [0.15, 0.2) is 23.2 Å². The van der Waals surface area contributed by atoms with Gasteiger partial charge in [0, 0.05) is 27.3 Å². The highest BCUT2D eigenvalue weighted by atomic mass is 15.0. The van der Waals surface area contributed by atoms with Crippen LogP contribution in [-0.4, -0.2) is 21.0 Å². The molecular weight excluding hydrogens is 416 g/mol. The normalized spacial score (nSPS) is 19.6. The van der Waals surface area contributed by atoms with E-state index in [0.717, 1.165) is 38.5 Å². The fourth-order valence-electron chi connectivity index (χ4n) is 5.03. The monoisotopic (exact) mass is 458 g/mol. The standard InChI is InChI=1S/C30H42N4/c1-27(2,3)20-15-18-13-17-14-19-16-21(28(4,5)6)23(30(10,11)12)32-25(19)34-26(17)33-24(18)31-22(20)29(7,8)9/h13-16,20,22H,1-12H3. The summed E-state index contributed by atoms with van der Waals surface area (Å²) in [5, 5.41) is 3.23. The first-order valence-electron chi connectivity index (χ1n) is 12.6. The molecule has 0 aliphatic carbocycles. The summed E-state index contributed by atoms with van der Waals surface area (Å²) in [7, 11) is 0. The van der Waals surface area contributed by atoms with Gasteiger partial charge in [0.1, 0.15) is 0 Å². The third-order valence-electron chi connectivity index (χ3n) is 6.96. The molecule has 0 amide bonds. The number of rotatable bonds is 0. The van der Waals surface area contributed by atoms with Gasteiger partial charge in [-0.25, -0.2) is 15.0 Å². The van der Waals surface area contributed by atoms with Gasteiger partial charge >= 0.3 is 0 Å². The summed E-state index contributed by atoms with van der Waals surface area (Å²) in [6.07, 6.45) is 2.40. The predicted molar refractivity (Wildman–Crippen MR) is 144 cm³/mol. The van der Waals surface area contributed by atoms with Crippen LogP contribution in [0.1, 0.15) is 94.3 Å². The van der Waals surface area contributed by atoms with Crippen molar-refractivity contribution in [2.75, 3.05) is 0 Å². The molecule has 0 saturated carbocycles. The quantitative estimate of drug-likeness (QED) is 0.373. The lowest BCUT2D eigenvalue weighted by Crippen LogP contribution is -2.47. The molecule has 0 radical (unpaired) electrons. The molecule has 4 heteroatoms. The van der Waals surface area contributed by atoms with Crippen LogP contribution in [0, 0.1) is 16.7 Å². The Hall–Kier alpha value is -2.36. The first-order valence-corrected chi connectivity index (χ1v) is 12.6. The zero-order valence-corrected chi connectivity index (χ0v) is 23.3. The Bertz CT molecular complexity index is 1280. The van der Waals surface area contributed by atoms with E-state index in [-0.39, 0.29) is 27.7 Å². The Morgan fingerprint density at radius 3 is 1.74 bits per heavy atom. The maximum Gasteiger partial charge on any atom is 0.164 e. The molecule has 4 heterocycles. The Morgan fingerprint density at radius 1 is 0.618 bits per heavy atom. The number of pyridine rings is 3. The van der Waals surface area contributed by atoms with Gasteiger partial charge < -0.3 is 0 Å². The molecule has 0 N–H and O–H groups in total. The van der Waals surface area contributed by atoms with Crippen LogP contribution in [0.5, 0.6) is 0 Å². The molecule has 0 aromatic carbocycles. The van der Waals surface area contributed by atoms with Gasteiger partial charge in [0.25, 0.3) is 0 Å². The minimum absolute atomic E-state index is 0.00141. The van der Waals surface area contributed by atoms with E-state index < -0.39 is 0 Å². The Morgan fingerprint density at radius 2 is 1.21 bits per heavy atom. The molecule has 0 bridgehead atoms. The van der Waals surface area contributed by atoms with Crippen LogP contribution in [0.3, 0.4) is 0 Å². The summed E-state index contributed by atoms with van der Waals surface area (Å²) < 4.78 is 0.